The number of carbonyl (C=O) groups excluding carboxylic acids is 1. The first-order valence-corrected chi connectivity index (χ1v) is 13.8. The normalized spacial score (nSPS) is 16.4. The number of nitrogens with two attached hydrogens (primary N) is 1. The summed E-state index contributed by atoms with van der Waals surface area (Å²) in [5.41, 5.74) is 5.74. The molecule has 11 nitrogen and oxygen atoms in total. The van der Waals surface area contributed by atoms with Gasteiger partial charge in [0.2, 0.25) is 0 Å². The number of halogens is 6. The molecule has 4 heterocycles. The number of likely N-dealkylation sites (tertiary alicyclic amines) is 1. The van der Waals surface area contributed by atoms with Crippen molar-refractivity contribution in [3.8, 4) is 11.3 Å². The van der Waals surface area contributed by atoms with Crippen LogP contribution in [-0.4, -0.2) is 77.5 Å². The van der Waals surface area contributed by atoms with Crippen molar-refractivity contribution in [1.82, 2.24) is 29.0 Å². The fraction of sp³-hybridized carbons (Fsp3) is 0.370. The third-order valence-electron chi connectivity index (χ3n) is 7.29. The highest BCUT2D eigenvalue weighted by Gasteiger charge is 2.46. The average Bonchev–Trinajstić information content (AvgIpc) is 3.58. The van der Waals surface area contributed by atoms with E-state index in [0.29, 0.717) is 28.9 Å². The number of benzene rings is 1. The van der Waals surface area contributed by atoms with E-state index in [9.17, 15) is 26.7 Å². The van der Waals surface area contributed by atoms with Gasteiger partial charge in [-0.2, -0.15) is 18.3 Å². The highest BCUT2D eigenvalue weighted by Crippen LogP contribution is 2.37. The Labute approximate surface area is 252 Å². The molecule has 236 valence electrons. The van der Waals surface area contributed by atoms with Crippen molar-refractivity contribution in [2.24, 2.45) is 5.73 Å². The van der Waals surface area contributed by atoms with Gasteiger partial charge in [0, 0.05) is 48.8 Å². The van der Waals surface area contributed by atoms with Crippen molar-refractivity contribution in [2.45, 2.75) is 44.5 Å². The molecule has 1 aliphatic rings. The molecule has 0 radical (unpaired) electrons. The molecule has 0 aliphatic carbocycles. The van der Waals surface area contributed by atoms with Gasteiger partial charge in [-0.05, 0) is 36.6 Å². The fourth-order valence-corrected chi connectivity index (χ4v) is 5.36. The lowest BCUT2D eigenvalue weighted by Crippen LogP contribution is -2.67. The van der Waals surface area contributed by atoms with Crippen LogP contribution in [-0.2, 0) is 23.9 Å². The SMILES string of the molecule is CCc1cc(Nc2nccn3c(-c4cn(CC(F)F)nc4C(F)(F)F)cnc23)ccc1C(=O)N1CCC1(CN)CCl.O=CO. The molecule has 4 N–H and O–H groups in total. The van der Waals surface area contributed by atoms with Crippen LogP contribution in [0.15, 0.2) is 43.0 Å². The Morgan fingerprint density at radius 2 is 2.02 bits per heavy atom. The molecule has 0 bridgehead atoms. The number of imidazole rings is 1. The number of aromatic nitrogens is 5. The van der Waals surface area contributed by atoms with Gasteiger partial charge in [-0.15, -0.1) is 11.6 Å². The summed E-state index contributed by atoms with van der Waals surface area (Å²) in [7, 11) is 0. The quantitative estimate of drug-likeness (QED) is 0.136. The summed E-state index contributed by atoms with van der Waals surface area (Å²) < 4.78 is 68.8. The number of rotatable bonds is 9. The summed E-state index contributed by atoms with van der Waals surface area (Å²) in [5, 5.41) is 13.4. The average molecular weight is 643 g/mol. The van der Waals surface area contributed by atoms with Crippen LogP contribution in [0.4, 0.5) is 33.5 Å². The molecule has 1 aliphatic heterocycles. The summed E-state index contributed by atoms with van der Waals surface area (Å²) in [6.07, 6.45) is -1.55. The monoisotopic (exact) mass is 642 g/mol. The third kappa shape index (κ3) is 6.31. The summed E-state index contributed by atoms with van der Waals surface area (Å²) in [5.74, 6) is 0.327. The molecule has 0 spiro atoms. The number of carbonyl (C=O) groups is 2. The first kappa shape index (κ1) is 32.6. The molecule has 44 heavy (non-hydrogen) atoms. The van der Waals surface area contributed by atoms with E-state index in [1.54, 1.807) is 23.1 Å². The fourth-order valence-electron chi connectivity index (χ4n) is 4.98. The summed E-state index contributed by atoms with van der Waals surface area (Å²) in [6, 6.07) is 5.19. The predicted octanol–water partition coefficient (Wildman–Crippen LogP) is 4.67. The second-order valence-electron chi connectivity index (χ2n) is 9.84. The molecular formula is C27H28ClF5N8O3. The standard InChI is InChI=1S/C26H26ClF5N8O.CH2O2/c1-2-15-9-16(3-4-17(15)24(41)40-7-5-25(40,13-27)14-33)36-22-23-35-10-19(39(23)8-6-34-22)18-11-38(12-20(28)29)37-21(18)26(30,31)32;2-1-3/h3-4,6,8-11,20H,2,5,7,12-14,33H2,1H3,(H,34,36);1H,(H,2,3). The lowest BCUT2D eigenvalue weighted by Gasteiger charge is -2.51. The van der Waals surface area contributed by atoms with Crippen LogP contribution in [0.3, 0.4) is 0 Å². The van der Waals surface area contributed by atoms with Gasteiger partial charge in [-0.1, -0.05) is 6.92 Å². The molecule has 5 rings (SSSR count). The number of hydrogen-bond acceptors (Lipinski definition) is 7. The topological polar surface area (TPSA) is 144 Å². The van der Waals surface area contributed by atoms with Crippen molar-refractivity contribution in [1.29, 1.82) is 0 Å². The van der Waals surface area contributed by atoms with Crippen LogP contribution in [0.2, 0.25) is 0 Å². The number of aryl methyl sites for hydroxylation is 1. The van der Waals surface area contributed by atoms with E-state index in [2.05, 4.69) is 20.4 Å². The maximum Gasteiger partial charge on any atom is 0.435 e. The van der Waals surface area contributed by atoms with E-state index in [0.717, 1.165) is 18.2 Å². The molecule has 3 aromatic heterocycles. The Hall–Kier alpha value is -4.31. The molecule has 1 atom stereocenters. The van der Waals surface area contributed by atoms with Gasteiger partial charge in [0.25, 0.3) is 18.8 Å². The van der Waals surface area contributed by atoms with Crippen LogP contribution in [0.5, 0.6) is 0 Å². The zero-order valence-corrected chi connectivity index (χ0v) is 24.0. The maximum atomic E-state index is 13.7. The van der Waals surface area contributed by atoms with E-state index < -0.39 is 35.9 Å². The van der Waals surface area contributed by atoms with E-state index in [-0.39, 0.29) is 42.0 Å². The highest BCUT2D eigenvalue weighted by molar-refractivity contribution is 6.19. The summed E-state index contributed by atoms with van der Waals surface area (Å²) in [6.45, 7) is 1.51. The van der Waals surface area contributed by atoms with Crippen LogP contribution in [0.1, 0.15) is 35.0 Å². The first-order chi connectivity index (χ1) is 20.9. The smallest absolute Gasteiger partial charge is 0.435 e. The minimum absolute atomic E-state index is 0.00529. The van der Waals surface area contributed by atoms with Gasteiger partial charge < -0.3 is 21.1 Å². The lowest BCUT2D eigenvalue weighted by molar-refractivity contribution is -0.141. The second-order valence-corrected chi connectivity index (χ2v) is 10.1. The Bertz CT molecular complexity index is 1630. The van der Waals surface area contributed by atoms with E-state index >= 15 is 0 Å². The van der Waals surface area contributed by atoms with Crippen molar-refractivity contribution in [3.63, 3.8) is 0 Å². The van der Waals surface area contributed by atoms with Gasteiger partial charge >= 0.3 is 6.18 Å². The molecule has 1 aromatic carbocycles. The Morgan fingerprint density at radius 1 is 1.30 bits per heavy atom. The molecule has 4 aromatic rings. The van der Waals surface area contributed by atoms with Gasteiger partial charge in [-0.25, -0.2) is 18.7 Å². The lowest BCUT2D eigenvalue weighted by atomic mass is 9.85. The summed E-state index contributed by atoms with van der Waals surface area (Å²) >= 11 is 6.13. The number of anilines is 2. The number of carboxylic acid groups (broad SMARTS) is 1. The Balaban J connectivity index is 0.00000141. The molecular weight excluding hydrogens is 615 g/mol. The number of alkyl halides is 6. The van der Waals surface area contributed by atoms with Gasteiger partial charge in [0.15, 0.2) is 17.2 Å². The van der Waals surface area contributed by atoms with Crippen molar-refractivity contribution >= 4 is 41.1 Å². The maximum absolute atomic E-state index is 13.7. The third-order valence-corrected chi connectivity index (χ3v) is 7.78. The van der Waals surface area contributed by atoms with E-state index in [1.165, 1.54) is 23.0 Å². The molecule has 1 unspecified atom stereocenters. The van der Waals surface area contributed by atoms with E-state index in [1.807, 2.05) is 6.92 Å². The van der Waals surface area contributed by atoms with Crippen LogP contribution in [0, 0.1) is 0 Å². The number of fused-ring (bicyclic) bond motifs is 1. The zero-order valence-electron chi connectivity index (χ0n) is 23.2. The number of nitrogens with one attached hydrogen (secondary N) is 1. The summed E-state index contributed by atoms with van der Waals surface area (Å²) in [4.78, 5) is 31.9. The van der Waals surface area contributed by atoms with Crippen molar-refractivity contribution < 1.29 is 36.6 Å². The zero-order chi connectivity index (χ0) is 32.2. The predicted molar refractivity (Wildman–Crippen MR) is 151 cm³/mol. The van der Waals surface area contributed by atoms with Crippen LogP contribution in [0.25, 0.3) is 16.9 Å². The number of amides is 1. The van der Waals surface area contributed by atoms with Crippen molar-refractivity contribution in [3.05, 3.63) is 59.8 Å². The number of hydrogen-bond donors (Lipinski definition) is 3. The van der Waals surface area contributed by atoms with Crippen LogP contribution < -0.4 is 11.1 Å². The van der Waals surface area contributed by atoms with Gasteiger partial charge in [0.1, 0.15) is 6.54 Å². The van der Waals surface area contributed by atoms with E-state index in [4.69, 9.17) is 27.2 Å². The molecule has 1 fully saturated rings. The molecule has 17 heteroatoms. The van der Waals surface area contributed by atoms with Gasteiger partial charge in [-0.3, -0.25) is 18.7 Å². The Kier molecular flexibility index (Phi) is 9.73. The molecule has 1 saturated heterocycles. The minimum Gasteiger partial charge on any atom is -0.483 e. The largest absolute Gasteiger partial charge is 0.483 e. The minimum atomic E-state index is -4.87. The second kappa shape index (κ2) is 13.1. The molecule has 0 saturated carbocycles. The van der Waals surface area contributed by atoms with Crippen LogP contribution >= 0.6 is 11.6 Å². The molecule has 1 amide bonds. The van der Waals surface area contributed by atoms with Crippen molar-refractivity contribution in [2.75, 3.05) is 24.3 Å². The highest BCUT2D eigenvalue weighted by atomic mass is 35.5. The number of nitrogens with zero attached hydrogens (tertiary/aromatic N) is 6. The first-order valence-electron chi connectivity index (χ1n) is 13.2. The van der Waals surface area contributed by atoms with Gasteiger partial charge in [0.05, 0.1) is 23.0 Å². The Morgan fingerprint density at radius 3 is 2.59 bits per heavy atom.